The quantitative estimate of drug-likeness (QED) is 0.611. The zero-order valence-electron chi connectivity index (χ0n) is 6.75. The summed E-state index contributed by atoms with van der Waals surface area (Å²) in [5.41, 5.74) is 0. The van der Waals surface area contributed by atoms with E-state index in [9.17, 15) is 9.59 Å². The SMILES string of the molecule is CC(=O)OCc1oc(=O)oc1C. The van der Waals surface area contributed by atoms with Gasteiger partial charge in [-0.25, -0.2) is 4.79 Å². The van der Waals surface area contributed by atoms with Gasteiger partial charge in [0.1, 0.15) is 0 Å². The first kappa shape index (κ1) is 8.58. The standard InChI is InChI=1S/C7H8O5/c1-4-6(3-10-5(2)8)12-7(9)11-4/h3H2,1-2H3. The predicted molar refractivity (Wildman–Crippen MR) is 37.5 cm³/mol. The number of carbonyl (C=O) groups excluding carboxylic acids is 1. The number of ether oxygens (including phenoxy) is 1. The Morgan fingerprint density at radius 3 is 2.58 bits per heavy atom. The van der Waals surface area contributed by atoms with Gasteiger partial charge in [-0.2, -0.15) is 0 Å². The molecule has 0 N–H and O–H groups in total. The summed E-state index contributed by atoms with van der Waals surface area (Å²) < 4.78 is 13.7. The second kappa shape index (κ2) is 3.25. The van der Waals surface area contributed by atoms with E-state index in [1.807, 2.05) is 0 Å². The third-order valence-corrected chi connectivity index (χ3v) is 1.24. The predicted octanol–water partition coefficient (Wildman–Crippen LogP) is 0.604. The molecule has 0 saturated heterocycles. The van der Waals surface area contributed by atoms with Crippen LogP contribution in [0.25, 0.3) is 0 Å². The zero-order chi connectivity index (χ0) is 9.14. The molecule has 12 heavy (non-hydrogen) atoms. The van der Waals surface area contributed by atoms with Crippen LogP contribution < -0.4 is 5.82 Å². The Morgan fingerprint density at radius 2 is 2.17 bits per heavy atom. The fourth-order valence-corrected chi connectivity index (χ4v) is 0.673. The van der Waals surface area contributed by atoms with Crippen LogP contribution in [0.2, 0.25) is 0 Å². The Hall–Kier alpha value is -1.52. The van der Waals surface area contributed by atoms with E-state index in [1.165, 1.54) is 6.92 Å². The van der Waals surface area contributed by atoms with Crippen molar-refractivity contribution in [2.24, 2.45) is 0 Å². The van der Waals surface area contributed by atoms with Gasteiger partial charge >= 0.3 is 11.8 Å². The number of carbonyl (C=O) groups is 1. The van der Waals surface area contributed by atoms with Crippen LogP contribution >= 0.6 is 0 Å². The molecule has 0 amide bonds. The summed E-state index contributed by atoms with van der Waals surface area (Å²) in [5.74, 6) is -0.635. The van der Waals surface area contributed by atoms with E-state index in [1.54, 1.807) is 6.92 Å². The topological polar surface area (TPSA) is 69.7 Å². The average Bonchev–Trinajstić information content (AvgIpc) is 2.26. The second-order valence-electron chi connectivity index (χ2n) is 2.21. The summed E-state index contributed by atoms with van der Waals surface area (Å²) >= 11 is 0. The van der Waals surface area contributed by atoms with Crippen LogP contribution in [0, 0.1) is 6.92 Å². The fourth-order valence-electron chi connectivity index (χ4n) is 0.673. The van der Waals surface area contributed by atoms with Crippen LogP contribution in [0.3, 0.4) is 0 Å². The maximum absolute atomic E-state index is 10.5. The molecule has 1 heterocycles. The van der Waals surface area contributed by atoms with E-state index in [0.29, 0.717) is 5.76 Å². The van der Waals surface area contributed by atoms with Gasteiger partial charge in [0.25, 0.3) is 0 Å². The van der Waals surface area contributed by atoms with Gasteiger partial charge in [-0.05, 0) is 6.92 Å². The lowest BCUT2D eigenvalue weighted by Crippen LogP contribution is -1.99. The molecule has 0 saturated carbocycles. The number of esters is 1. The van der Waals surface area contributed by atoms with E-state index in [4.69, 9.17) is 0 Å². The fraction of sp³-hybridized carbons (Fsp3) is 0.429. The summed E-state index contributed by atoms with van der Waals surface area (Å²) in [6.45, 7) is 2.77. The minimum Gasteiger partial charge on any atom is -0.458 e. The van der Waals surface area contributed by atoms with E-state index in [-0.39, 0.29) is 12.4 Å². The minimum atomic E-state index is -0.783. The van der Waals surface area contributed by atoms with Gasteiger partial charge in [0.05, 0.1) is 0 Å². The Bertz CT molecular complexity index is 332. The van der Waals surface area contributed by atoms with Crippen molar-refractivity contribution in [3.05, 3.63) is 22.1 Å². The Kier molecular flexibility index (Phi) is 2.32. The summed E-state index contributed by atoms with van der Waals surface area (Å²) in [6, 6.07) is 0. The van der Waals surface area contributed by atoms with Crippen molar-refractivity contribution in [3.8, 4) is 0 Å². The third-order valence-electron chi connectivity index (χ3n) is 1.24. The highest BCUT2D eigenvalue weighted by molar-refractivity contribution is 5.65. The van der Waals surface area contributed by atoms with Gasteiger partial charge in [-0.3, -0.25) is 4.79 Å². The van der Waals surface area contributed by atoms with E-state index in [0.717, 1.165) is 0 Å². The van der Waals surface area contributed by atoms with Gasteiger partial charge in [0.15, 0.2) is 18.1 Å². The van der Waals surface area contributed by atoms with Crippen LogP contribution in [0.1, 0.15) is 18.4 Å². The van der Waals surface area contributed by atoms with Crippen molar-refractivity contribution in [1.29, 1.82) is 0 Å². The summed E-state index contributed by atoms with van der Waals surface area (Å²) in [5, 5.41) is 0. The molecule has 1 rings (SSSR count). The van der Waals surface area contributed by atoms with E-state index < -0.39 is 11.8 Å². The lowest BCUT2D eigenvalue weighted by Gasteiger charge is -1.96. The minimum absolute atomic E-state index is 0.0626. The van der Waals surface area contributed by atoms with E-state index >= 15 is 0 Å². The van der Waals surface area contributed by atoms with Crippen molar-refractivity contribution >= 4 is 5.97 Å². The molecular formula is C7H8O5. The van der Waals surface area contributed by atoms with Crippen LogP contribution in [0.5, 0.6) is 0 Å². The zero-order valence-corrected chi connectivity index (χ0v) is 6.75. The first-order valence-electron chi connectivity index (χ1n) is 3.32. The summed E-state index contributed by atoms with van der Waals surface area (Å²) in [4.78, 5) is 20.8. The van der Waals surface area contributed by atoms with Crippen LogP contribution in [0.15, 0.2) is 13.6 Å². The van der Waals surface area contributed by atoms with E-state index in [2.05, 4.69) is 13.6 Å². The van der Waals surface area contributed by atoms with Gasteiger partial charge in [0.2, 0.25) is 0 Å². The maximum Gasteiger partial charge on any atom is 0.519 e. The molecule has 0 aromatic carbocycles. The maximum atomic E-state index is 10.5. The number of rotatable bonds is 2. The largest absolute Gasteiger partial charge is 0.519 e. The number of hydrogen-bond donors (Lipinski definition) is 0. The molecule has 0 bridgehead atoms. The molecule has 0 radical (unpaired) electrons. The molecule has 0 unspecified atom stereocenters. The molecule has 1 aromatic rings. The molecule has 0 spiro atoms. The van der Waals surface area contributed by atoms with Crippen molar-refractivity contribution in [2.75, 3.05) is 0 Å². The number of aryl methyl sites for hydroxylation is 1. The second-order valence-corrected chi connectivity index (χ2v) is 2.21. The Morgan fingerprint density at radius 1 is 1.50 bits per heavy atom. The van der Waals surface area contributed by atoms with Crippen LogP contribution in [-0.4, -0.2) is 5.97 Å². The summed E-state index contributed by atoms with van der Waals surface area (Å²) in [6.07, 6.45) is 0. The molecule has 1 aromatic heterocycles. The molecular weight excluding hydrogens is 164 g/mol. The molecule has 0 aliphatic heterocycles. The van der Waals surface area contributed by atoms with Crippen molar-refractivity contribution in [2.45, 2.75) is 20.5 Å². The molecule has 5 heteroatoms. The molecule has 0 aliphatic rings. The Labute approximate surface area is 67.9 Å². The van der Waals surface area contributed by atoms with Crippen molar-refractivity contribution in [3.63, 3.8) is 0 Å². The highest BCUT2D eigenvalue weighted by atomic mass is 16.6. The Balaban J connectivity index is 2.69. The molecule has 0 atom stereocenters. The van der Waals surface area contributed by atoms with Crippen molar-refractivity contribution < 1.29 is 18.4 Å². The average molecular weight is 172 g/mol. The van der Waals surface area contributed by atoms with Gasteiger partial charge < -0.3 is 13.6 Å². The lowest BCUT2D eigenvalue weighted by molar-refractivity contribution is -0.142. The first-order chi connectivity index (χ1) is 5.59. The molecule has 0 aliphatic carbocycles. The van der Waals surface area contributed by atoms with Crippen molar-refractivity contribution in [1.82, 2.24) is 0 Å². The molecule has 66 valence electrons. The lowest BCUT2D eigenvalue weighted by atomic mass is 10.4. The molecule has 0 fully saturated rings. The van der Waals surface area contributed by atoms with Crippen LogP contribution in [-0.2, 0) is 16.1 Å². The van der Waals surface area contributed by atoms with Gasteiger partial charge in [0, 0.05) is 6.92 Å². The molecule has 5 nitrogen and oxygen atoms in total. The van der Waals surface area contributed by atoms with Gasteiger partial charge in [-0.15, -0.1) is 0 Å². The third kappa shape index (κ3) is 1.98. The highest BCUT2D eigenvalue weighted by Gasteiger charge is 2.08. The highest BCUT2D eigenvalue weighted by Crippen LogP contribution is 2.05. The van der Waals surface area contributed by atoms with Gasteiger partial charge in [-0.1, -0.05) is 0 Å². The smallest absolute Gasteiger partial charge is 0.458 e. The monoisotopic (exact) mass is 172 g/mol. The van der Waals surface area contributed by atoms with Crippen LogP contribution in [0.4, 0.5) is 0 Å². The first-order valence-corrected chi connectivity index (χ1v) is 3.32. The normalized spacial score (nSPS) is 9.83. The number of hydrogen-bond acceptors (Lipinski definition) is 5. The summed E-state index contributed by atoms with van der Waals surface area (Å²) in [7, 11) is 0.